The first-order valence-corrected chi connectivity index (χ1v) is 7.68. The molecule has 2 N–H and O–H groups in total. The van der Waals surface area contributed by atoms with Crippen molar-refractivity contribution in [1.82, 2.24) is 15.3 Å². The maximum absolute atomic E-state index is 12.2. The number of rotatable bonds is 4. The second-order valence-corrected chi connectivity index (χ2v) is 6.28. The van der Waals surface area contributed by atoms with Crippen LogP contribution in [0.4, 0.5) is 5.69 Å². The summed E-state index contributed by atoms with van der Waals surface area (Å²) in [5.41, 5.74) is 1.15. The number of nitro benzene ring substituents is 1. The smallest absolute Gasteiger partial charge is 0.271 e. The molecule has 7 nitrogen and oxygen atoms in total. The number of hydrogen-bond donors (Lipinski definition) is 2. The van der Waals surface area contributed by atoms with Crippen LogP contribution in [-0.4, -0.2) is 37.9 Å². The summed E-state index contributed by atoms with van der Waals surface area (Å²) in [5.74, 6) is 0.966. The van der Waals surface area contributed by atoms with Crippen LogP contribution in [0.2, 0.25) is 0 Å². The number of aromatic amines is 1. The molecule has 0 aliphatic carbocycles. The fourth-order valence-electron chi connectivity index (χ4n) is 2.35. The van der Waals surface area contributed by atoms with Gasteiger partial charge in [-0.3, -0.25) is 14.3 Å². The summed E-state index contributed by atoms with van der Waals surface area (Å²) in [6.45, 7) is 1.85. The molecule has 2 atom stereocenters. The second kappa shape index (κ2) is 5.29. The Labute approximate surface area is 117 Å². The van der Waals surface area contributed by atoms with Crippen molar-refractivity contribution >= 4 is 27.5 Å². The van der Waals surface area contributed by atoms with E-state index < -0.39 is 15.7 Å². The molecule has 0 bridgehead atoms. The number of aromatic nitrogens is 2. The van der Waals surface area contributed by atoms with Gasteiger partial charge in [0, 0.05) is 17.9 Å². The van der Waals surface area contributed by atoms with Crippen molar-refractivity contribution in [2.45, 2.75) is 11.6 Å². The number of hydrogen-bond acceptors (Lipinski definition) is 5. The summed E-state index contributed by atoms with van der Waals surface area (Å²) in [7, 11) is -1.20. The molecule has 1 aliphatic heterocycles. The largest absolute Gasteiger partial charge is 0.331 e. The molecule has 1 saturated heterocycles. The van der Waals surface area contributed by atoms with E-state index in [4.69, 9.17) is 0 Å². The molecule has 1 aromatic heterocycles. The fourth-order valence-corrected chi connectivity index (χ4v) is 3.64. The van der Waals surface area contributed by atoms with Gasteiger partial charge in [-0.15, -0.1) is 0 Å². The lowest BCUT2D eigenvalue weighted by Crippen LogP contribution is -2.15. The number of nitrogens with one attached hydrogen (secondary N) is 2. The minimum absolute atomic E-state index is 0.00141. The summed E-state index contributed by atoms with van der Waals surface area (Å²) >= 11 is 0. The van der Waals surface area contributed by atoms with Crippen molar-refractivity contribution in [2.24, 2.45) is 5.92 Å². The lowest BCUT2D eigenvalue weighted by molar-refractivity contribution is -0.384. The van der Waals surface area contributed by atoms with Crippen LogP contribution in [0.25, 0.3) is 11.0 Å². The third kappa shape index (κ3) is 2.56. The summed E-state index contributed by atoms with van der Waals surface area (Å²) < 4.78 is 12.2. The van der Waals surface area contributed by atoms with Crippen molar-refractivity contribution in [2.75, 3.05) is 18.8 Å². The predicted molar refractivity (Wildman–Crippen MR) is 75.0 cm³/mol. The first-order chi connectivity index (χ1) is 9.63. The number of benzene rings is 1. The highest BCUT2D eigenvalue weighted by Crippen LogP contribution is 2.21. The maximum Gasteiger partial charge on any atom is 0.271 e. The van der Waals surface area contributed by atoms with Crippen LogP contribution in [0, 0.1) is 16.0 Å². The van der Waals surface area contributed by atoms with E-state index in [9.17, 15) is 14.3 Å². The van der Waals surface area contributed by atoms with E-state index in [1.165, 1.54) is 12.1 Å². The number of non-ortho nitro benzene ring substituents is 1. The third-order valence-corrected chi connectivity index (χ3v) is 4.82. The normalized spacial score (nSPS) is 20.3. The van der Waals surface area contributed by atoms with Crippen molar-refractivity contribution in [1.29, 1.82) is 0 Å². The van der Waals surface area contributed by atoms with Crippen molar-refractivity contribution in [3.63, 3.8) is 0 Å². The van der Waals surface area contributed by atoms with E-state index in [2.05, 4.69) is 15.3 Å². The fraction of sp³-hybridized carbons (Fsp3) is 0.417. The Morgan fingerprint density at radius 3 is 3.05 bits per heavy atom. The van der Waals surface area contributed by atoms with E-state index >= 15 is 0 Å². The van der Waals surface area contributed by atoms with Gasteiger partial charge in [0.2, 0.25) is 0 Å². The SMILES string of the molecule is O=[N+]([O-])c1ccc2nc([S@@](=O)C[C@@H]3CCNC3)[nH]c2c1. The van der Waals surface area contributed by atoms with Gasteiger partial charge in [-0.25, -0.2) is 4.98 Å². The highest BCUT2D eigenvalue weighted by molar-refractivity contribution is 7.84. The predicted octanol–water partition coefficient (Wildman–Crippen LogP) is 1.19. The van der Waals surface area contributed by atoms with Crippen LogP contribution in [0.1, 0.15) is 6.42 Å². The Balaban J connectivity index is 1.84. The summed E-state index contributed by atoms with van der Waals surface area (Å²) in [6.07, 6.45) is 1.03. The highest BCUT2D eigenvalue weighted by atomic mass is 32.2. The molecule has 1 fully saturated rings. The Kier molecular flexibility index (Phi) is 3.49. The van der Waals surface area contributed by atoms with Crippen LogP contribution in [0.5, 0.6) is 0 Å². The zero-order valence-electron chi connectivity index (χ0n) is 10.7. The van der Waals surface area contributed by atoms with Gasteiger partial charge in [0.1, 0.15) is 0 Å². The van der Waals surface area contributed by atoms with E-state index in [1.54, 1.807) is 6.07 Å². The molecule has 0 amide bonds. The van der Waals surface area contributed by atoms with Crippen molar-refractivity contribution in [3.8, 4) is 0 Å². The number of nitro groups is 1. The number of imidazole rings is 1. The number of fused-ring (bicyclic) bond motifs is 1. The van der Waals surface area contributed by atoms with Crippen LogP contribution in [0.15, 0.2) is 23.4 Å². The molecule has 0 unspecified atom stereocenters. The maximum atomic E-state index is 12.2. The van der Waals surface area contributed by atoms with Gasteiger partial charge in [-0.2, -0.15) is 0 Å². The molecule has 20 heavy (non-hydrogen) atoms. The van der Waals surface area contributed by atoms with Crippen LogP contribution in [0.3, 0.4) is 0 Å². The van der Waals surface area contributed by atoms with Gasteiger partial charge in [-0.1, -0.05) is 0 Å². The Morgan fingerprint density at radius 1 is 1.50 bits per heavy atom. The molecule has 1 aromatic carbocycles. The van der Waals surface area contributed by atoms with E-state index in [1.807, 2.05) is 0 Å². The molecular weight excluding hydrogens is 280 g/mol. The first kappa shape index (κ1) is 13.2. The summed E-state index contributed by atoms with van der Waals surface area (Å²) in [6, 6.07) is 4.39. The topological polar surface area (TPSA) is 101 Å². The van der Waals surface area contributed by atoms with Gasteiger partial charge in [0.05, 0.1) is 26.8 Å². The van der Waals surface area contributed by atoms with Gasteiger partial charge in [0.15, 0.2) is 5.16 Å². The van der Waals surface area contributed by atoms with E-state index in [0.29, 0.717) is 27.9 Å². The van der Waals surface area contributed by atoms with E-state index in [0.717, 1.165) is 19.5 Å². The highest BCUT2D eigenvalue weighted by Gasteiger charge is 2.20. The molecule has 106 valence electrons. The average molecular weight is 294 g/mol. The molecule has 2 aromatic rings. The lowest BCUT2D eigenvalue weighted by atomic mass is 10.2. The summed E-state index contributed by atoms with van der Waals surface area (Å²) in [4.78, 5) is 17.4. The molecule has 0 radical (unpaired) electrons. The Hall–Kier alpha value is -1.80. The van der Waals surface area contributed by atoms with Crippen LogP contribution in [-0.2, 0) is 10.8 Å². The Bertz CT molecular complexity index is 678. The van der Waals surface area contributed by atoms with Gasteiger partial charge >= 0.3 is 0 Å². The minimum atomic E-state index is -1.20. The Morgan fingerprint density at radius 2 is 2.35 bits per heavy atom. The monoisotopic (exact) mass is 294 g/mol. The summed E-state index contributed by atoms with van der Waals surface area (Å²) in [5, 5.41) is 14.4. The van der Waals surface area contributed by atoms with Crippen LogP contribution >= 0.6 is 0 Å². The minimum Gasteiger partial charge on any atom is -0.331 e. The zero-order chi connectivity index (χ0) is 14.1. The van der Waals surface area contributed by atoms with Crippen molar-refractivity contribution in [3.05, 3.63) is 28.3 Å². The average Bonchev–Trinajstić information content (AvgIpc) is 3.05. The molecule has 0 saturated carbocycles. The second-order valence-electron chi connectivity index (χ2n) is 4.87. The molecule has 1 aliphatic rings. The molecule has 3 rings (SSSR count). The zero-order valence-corrected chi connectivity index (χ0v) is 11.5. The molecule has 8 heteroatoms. The third-order valence-electron chi connectivity index (χ3n) is 3.42. The number of nitrogens with zero attached hydrogens (tertiary/aromatic N) is 2. The van der Waals surface area contributed by atoms with E-state index in [-0.39, 0.29) is 5.69 Å². The standard InChI is InChI=1S/C12H14N4O3S/c17-16(18)9-1-2-10-11(5-9)15-12(14-10)20(19)7-8-3-4-13-6-8/h1-2,5,8,13H,3-4,6-7H2,(H,14,15)/t8-,20+/m1/s1. The van der Waals surface area contributed by atoms with Gasteiger partial charge in [0.25, 0.3) is 5.69 Å². The van der Waals surface area contributed by atoms with Gasteiger partial charge in [-0.05, 0) is 31.5 Å². The number of H-pyrrole nitrogens is 1. The first-order valence-electron chi connectivity index (χ1n) is 6.37. The molecular formula is C12H14N4O3S. The van der Waals surface area contributed by atoms with Crippen LogP contribution < -0.4 is 5.32 Å². The molecule has 0 spiro atoms. The van der Waals surface area contributed by atoms with Crippen molar-refractivity contribution < 1.29 is 9.13 Å². The lowest BCUT2D eigenvalue weighted by Gasteiger charge is -2.05. The quantitative estimate of drug-likeness (QED) is 0.651. The van der Waals surface area contributed by atoms with Gasteiger partial charge < -0.3 is 10.3 Å². The molecule has 2 heterocycles.